The van der Waals surface area contributed by atoms with Gasteiger partial charge in [0.25, 0.3) is 5.91 Å². The maximum absolute atomic E-state index is 13.2. The molecule has 1 saturated carbocycles. The monoisotopic (exact) mass is 371 g/mol. The molecule has 0 N–H and O–H groups in total. The zero-order valence-electron chi connectivity index (χ0n) is 16.0. The molecule has 1 amide bonds. The lowest BCUT2D eigenvalue weighted by atomic mass is 9.83. The summed E-state index contributed by atoms with van der Waals surface area (Å²) in [6.45, 7) is 6.35. The number of hydrogen-bond donors (Lipinski definition) is 0. The number of rotatable bonds is 4. The van der Waals surface area contributed by atoms with Gasteiger partial charge in [0.15, 0.2) is 5.82 Å². The van der Waals surface area contributed by atoms with E-state index in [-0.39, 0.29) is 23.4 Å². The second-order valence-corrected chi connectivity index (χ2v) is 7.92. The van der Waals surface area contributed by atoms with Crippen molar-refractivity contribution < 1.29 is 13.7 Å². The predicted molar refractivity (Wildman–Crippen MR) is 97.7 cm³/mol. The van der Waals surface area contributed by atoms with Crippen LogP contribution >= 0.6 is 0 Å². The van der Waals surface area contributed by atoms with Crippen LogP contribution in [0, 0.1) is 6.92 Å². The lowest BCUT2D eigenvalue weighted by Crippen LogP contribution is -2.35. The molecule has 2 fully saturated rings. The summed E-state index contributed by atoms with van der Waals surface area (Å²) in [6, 6.07) is 1.57. The Morgan fingerprint density at radius 3 is 2.63 bits per heavy atom. The van der Waals surface area contributed by atoms with Gasteiger partial charge in [0.1, 0.15) is 17.4 Å². The molecule has 2 aromatic rings. The summed E-state index contributed by atoms with van der Waals surface area (Å²) in [5.74, 6) is 1.93. The van der Waals surface area contributed by atoms with Gasteiger partial charge in [-0.25, -0.2) is 4.79 Å². The van der Waals surface area contributed by atoms with E-state index in [9.17, 15) is 9.59 Å². The van der Waals surface area contributed by atoms with Crippen LogP contribution < -0.4 is 5.63 Å². The van der Waals surface area contributed by atoms with Crippen molar-refractivity contribution in [3.63, 3.8) is 0 Å². The number of carbonyl (C=O) groups is 1. The molecular weight excluding hydrogens is 346 g/mol. The molecule has 144 valence electrons. The van der Waals surface area contributed by atoms with E-state index in [1.54, 1.807) is 11.8 Å². The average Bonchev–Trinajstić information content (AvgIpc) is 3.21. The van der Waals surface area contributed by atoms with E-state index in [1.807, 2.05) is 19.9 Å². The predicted octanol–water partition coefficient (Wildman–Crippen LogP) is 3.70. The van der Waals surface area contributed by atoms with Crippen molar-refractivity contribution in [1.29, 1.82) is 0 Å². The molecule has 1 aliphatic heterocycles. The zero-order valence-corrected chi connectivity index (χ0v) is 16.0. The molecule has 7 nitrogen and oxygen atoms in total. The third-order valence-electron chi connectivity index (χ3n) is 5.66. The first-order valence-electron chi connectivity index (χ1n) is 9.74. The molecule has 27 heavy (non-hydrogen) atoms. The highest BCUT2D eigenvalue weighted by atomic mass is 16.5. The Bertz CT molecular complexity index is 910. The Labute approximate surface area is 157 Å². The third-order valence-corrected chi connectivity index (χ3v) is 5.66. The van der Waals surface area contributed by atoms with Gasteiger partial charge < -0.3 is 13.8 Å². The van der Waals surface area contributed by atoms with E-state index >= 15 is 0 Å². The van der Waals surface area contributed by atoms with Crippen molar-refractivity contribution in [2.24, 2.45) is 0 Å². The minimum absolute atomic E-state index is 0.119. The Morgan fingerprint density at radius 1 is 1.26 bits per heavy atom. The van der Waals surface area contributed by atoms with Gasteiger partial charge in [-0.15, -0.1) is 0 Å². The second kappa shape index (κ2) is 6.94. The molecule has 0 aromatic carbocycles. The molecule has 2 aliphatic rings. The van der Waals surface area contributed by atoms with Crippen LogP contribution in [0.25, 0.3) is 0 Å². The van der Waals surface area contributed by atoms with Crippen molar-refractivity contribution in [2.45, 2.75) is 70.8 Å². The number of hydrogen-bond acceptors (Lipinski definition) is 6. The van der Waals surface area contributed by atoms with E-state index < -0.39 is 5.63 Å². The molecule has 0 unspecified atom stereocenters. The van der Waals surface area contributed by atoms with Crippen LogP contribution in [0.2, 0.25) is 0 Å². The number of aryl methyl sites for hydroxylation is 1. The van der Waals surface area contributed by atoms with E-state index in [2.05, 4.69) is 10.1 Å². The lowest BCUT2D eigenvalue weighted by Gasteiger charge is -2.25. The standard InChI is InChI=1S/C20H25N3O4/c1-11(2)17-21-18(27-22-17)14-8-5-9-23(14)19(24)16-12(3)10-15(26-20(16)25)13-6-4-7-13/h10-11,13-14H,4-9H2,1-3H3/t14-/m0/s1. The number of nitrogens with zero attached hydrogens (tertiary/aromatic N) is 3. The number of likely N-dealkylation sites (tertiary alicyclic amines) is 1. The maximum atomic E-state index is 13.2. The first-order valence-corrected chi connectivity index (χ1v) is 9.74. The Morgan fingerprint density at radius 2 is 2.04 bits per heavy atom. The molecule has 1 saturated heterocycles. The SMILES string of the molecule is Cc1cc(C2CCC2)oc(=O)c1C(=O)N1CCC[C@H]1c1nc(C(C)C)no1. The summed E-state index contributed by atoms with van der Waals surface area (Å²) >= 11 is 0. The fraction of sp³-hybridized carbons (Fsp3) is 0.600. The number of carbonyl (C=O) groups excluding carboxylic acids is 1. The van der Waals surface area contributed by atoms with Crippen LogP contribution in [0.5, 0.6) is 0 Å². The van der Waals surface area contributed by atoms with Crippen LogP contribution in [0.4, 0.5) is 0 Å². The van der Waals surface area contributed by atoms with E-state index in [0.29, 0.717) is 35.5 Å². The molecule has 0 radical (unpaired) electrons. The number of amides is 1. The molecule has 1 atom stereocenters. The fourth-order valence-electron chi connectivity index (χ4n) is 3.81. The summed E-state index contributed by atoms with van der Waals surface area (Å²) < 4.78 is 10.9. The van der Waals surface area contributed by atoms with Gasteiger partial charge in [0.05, 0.1) is 0 Å². The van der Waals surface area contributed by atoms with Gasteiger partial charge in [-0.3, -0.25) is 4.79 Å². The minimum Gasteiger partial charge on any atom is -0.427 e. The van der Waals surface area contributed by atoms with Crippen LogP contribution in [0.1, 0.15) is 97.2 Å². The average molecular weight is 371 g/mol. The van der Waals surface area contributed by atoms with Gasteiger partial charge in [0, 0.05) is 18.4 Å². The lowest BCUT2D eigenvalue weighted by molar-refractivity contribution is 0.0703. The molecule has 2 aromatic heterocycles. The summed E-state index contributed by atoms with van der Waals surface area (Å²) in [6.07, 6.45) is 4.82. The normalized spacial score (nSPS) is 20.3. The van der Waals surface area contributed by atoms with Crippen LogP contribution in [-0.2, 0) is 0 Å². The van der Waals surface area contributed by atoms with Crippen LogP contribution in [0.15, 0.2) is 19.8 Å². The van der Waals surface area contributed by atoms with Crippen molar-refractivity contribution in [3.05, 3.63) is 45.1 Å². The smallest absolute Gasteiger partial charge is 0.349 e. The largest absolute Gasteiger partial charge is 0.427 e. The highest BCUT2D eigenvalue weighted by Crippen LogP contribution is 2.37. The fourth-order valence-corrected chi connectivity index (χ4v) is 3.81. The molecule has 7 heteroatoms. The van der Waals surface area contributed by atoms with Crippen molar-refractivity contribution in [3.8, 4) is 0 Å². The third kappa shape index (κ3) is 3.19. The summed E-state index contributed by atoms with van der Waals surface area (Å²) in [5, 5.41) is 4.00. The topological polar surface area (TPSA) is 89.4 Å². The first kappa shape index (κ1) is 17.9. The van der Waals surface area contributed by atoms with Crippen LogP contribution in [-0.4, -0.2) is 27.5 Å². The Hall–Kier alpha value is -2.44. The van der Waals surface area contributed by atoms with Crippen LogP contribution in [0.3, 0.4) is 0 Å². The summed E-state index contributed by atoms with van der Waals surface area (Å²) in [4.78, 5) is 31.8. The first-order chi connectivity index (χ1) is 13.0. The van der Waals surface area contributed by atoms with Gasteiger partial charge in [0.2, 0.25) is 5.89 Å². The quantitative estimate of drug-likeness (QED) is 0.814. The minimum atomic E-state index is -0.541. The van der Waals surface area contributed by atoms with Gasteiger partial charge >= 0.3 is 5.63 Å². The summed E-state index contributed by atoms with van der Waals surface area (Å²) in [7, 11) is 0. The van der Waals surface area contributed by atoms with E-state index in [4.69, 9.17) is 8.94 Å². The molecular formula is C20H25N3O4. The summed E-state index contributed by atoms with van der Waals surface area (Å²) in [5.41, 5.74) is 0.256. The van der Waals surface area contributed by atoms with Crippen molar-refractivity contribution >= 4 is 5.91 Å². The highest BCUT2D eigenvalue weighted by molar-refractivity contribution is 5.95. The van der Waals surface area contributed by atoms with Gasteiger partial charge in [-0.2, -0.15) is 4.98 Å². The molecule has 0 spiro atoms. The second-order valence-electron chi connectivity index (χ2n) is 7.92. The molecule has 4 rings (SSSR count). The molecule has 3 heterocycles. The maximum Gasteiger partial charge on any atom is 0.349 e. The van der Waals surface area contributed by atoms with E-state index in [0.717, 1.165) is 32.1 Å². The number of aromatic nitrogens is 2. The van der Waals surface area contributed by atoms with Crippen molar-refractivity contribution in [2.75, 3.05) is 6.54 Å². The van der Waals surface area contributed by atoms with Gasteiger partial charge in [-0.05, 0) is 44.2 Å². The molecule has 0 bridgehead atoms. The Balaban J connectivity index is 1.62. The van der Waals surface area contributed by atoms with Gasteiger partial charge in [-0.1, -0.05) is 25.4 Å². The zero-order chi connectivity index (χ0) is 19.1. The van der Waals surface area contributed by atoms with Crippen molar-refractivity contribution in [1.82, 2.24) is 15.0 Å². The highest BCUT2D eigenvalue weighted by Gasteiger charge is 2.37. The van der Waals surface area contributed by atoms with E-state index in [1.165, 1.54) is 0 Å². The Kier molecular flexibility index (Phi) is 4.61. The molecule has 1 aliphatic carbocycles.